The summed E-state index contributed by atoms with van der Waals surface area (Å²) in [6.07, 6.45) is 0.0151. The van der Waals surface area contributed by atoms with Gasteiger partial charge in [0.1, 0.15) is 6.10 Å². The second-order valence-corrected chi connectivity index (χ2v) is 3.32. The lowest BCUT2D eigenvalue weighted by molar-refractivity contribution is -0.0832. The van der Waals surface area contributed by atoms with Crippen LogP contribution in [0.3, 0.4) is 0 Å². The van der Waals surface area contributed by atoms with Crippen LogP contribution in [0.25, 0.3) is 0 Å². The number of hydrazine groups is 1. The van der Waals surface area contributed by atoms with E-state index in [2.05, 4.69) is 15.7 Å². The Morgan fingerprint density at radius 2 is 2.44 bits per heavy atom. The van der Waals surface area contributed by atoms with E-state index in [9.17, 15) is 0 Å². The van der Waals surface area contributed by atoms with Crippen LogP contribution >= 0.6 is 0 Å². The normalized spacial score (nSPS) is 21.9. The van der Waals surface area contributed by atoms with Gasteiger partial charge in [0, 0.05) is 13.7 Å². The van der Waals surface area contributed by atoms with Gasteiger partial charge in [0.05, 0.1) is 33.0 Å². The first-order valence-corrected chi connectivity index (χ1v) is 5.30. The zero-order valence-electron chi connectivity index (χ0n) is 9.57. The summed E-state index contributed by atoms with van der Waals surface area (Å²) in [7, 11) is 1.64. The number of nitrogens with zero attached hydrogens (tertiary/aromatic N) is 1. The standard InChI is InChI=1S/C9H20N4O3/c1-14-3-2-11-9(13-10)12-6-8-7-15-4-5-16-8/h8H,2-7,10H2,1H3,(H2,11,12,13). The third kappa shape index (κ3) is 5.26. The average Bonchev–Trinajstić information content (AvgIpc) is 2.35. The molecule has 0 amide bonds. The van der Waals surface area contributed by atoms with Gasteiger partial charge in [0.25, 0.3) is 0 Å². The van der Waals surface area contributed by atoms with Crippen molar-refractivity contribution < 1.29 is 14.2 Å². The number of ether oxygens (including phenoxy) is 3. The van der Waals surface area contributed by atoms with Crippen LogP contribution in [0.2, 0.25) is 0 Å². The fraction of sp³-hybridized carbons (Fsp3) is 0.889. The number of aliphatic imine (C=N–C) groups is 1. The predicted octanol–water partition coefficient (Wildman–Crippen LogP) is -1.54. The highest BCUT2D eigenvalue weighted by molar-refractivity contribution is 5.79. The van der Waals surface area contributed by atoms with Gasteiger partial charge in [-0.3, -0.25) is 5.43 Å². The molecule has 1 unspecified atom stereocenters. The molecule has 16 heavy (non-hydrogen) atoms. The largest absolute Gasteiger partial charge is 0.383 e. The van der Waals surface area contributed by atoms with E-state index < -0.39 is 0 Å². The molecule has 7 nitrogen and oxygen atoms in total. The van der Waals surface area contributed by atoms with Gasteiger partial charge in [0.2, 0.25) is 5.96 Å². The van der Waals surface area contributed by atoms with E-state index >= 15 is 0 Å². The molecule has 4 N–H and O–H groups in total. The van der Waals surface area contributed by atoms with Crippen molar-refractivity contribution in [3.05, 3.63) is 0 Å². The first-order valence-electron chi connectivity index (χ1n) is 5.30. The van der Waals surface area contributed by atoms with Crippen LogP contribution in [0.1, 0.15) is 0 Å². The van der Waals surface area contributed by atoms with E-state index in [1.165, 1.54) is 0 Å². The van der Waals surface area contributed by atoms with Crippen molar-refractivity contribution in [2.45, 2.75) is 6.10 Å². The van der Waals surface area contributed by atoms with Crippen LogP contribution in [0.15, 0.2) is 4.99 Å². The summed E-state index contributed by atoms with van der Waals surface area (Å²) in [5, 5.41) is 3.00. The number of rotatable bonds is 5. The fourth-order valence-electron chi connectivity index (χ4n) is 1.26. The Kier molecular flexibility index (Phi) is 6.82. The first kappa shape index (κ1) is 13.2. The average molecular weight is 232 g/mol. The van der Waals surface area contributed by atoms with E-state index in [-0.39, 0.29) is 6.10 Å². The Morgan fingerprint density at radius 3 is 3.06 bits per heavy atom. The molecule has 0 bridgehead atoms. The molecule has 0 saturated carbocycles. The summed E-state index contributed by atoms with van der Waals surface area (Å²) >= 11 is 0. The summed E-state index contributed by atoms with van der Waals surface area (Å²) < 4.78 is 15.6. The van der Waals surface area contributed by atoms with Crippen molar-refractivity contribution in [3.8, 4) is 0 Å². The topological polar surface area (TPSA) is 90.1 Å². The Hall–Kier alpha value is -0.890. The molecule has 1 heterocycles. The summed E-state index contributed by atoms with van der Waals surface area (Å²) in [6.45, 7) is 3.65. The minimum atomic E-state index is 0.0151. The molecule has 1 fully saturated rings. The number of guanidine groups is 1. The molecule has 1 aliphatic heterocycles. The number of nitrogens with two attached hydrogens (primary N) is 1. The molecule has 1 rings (SSSR count). The van der Waals surface area contributed by atoms with Crippen LogP contribution in [-0.2, 0) is 14.2 Å². The third-order valence-electron chi connectivity index (χ3n) is 2.07. The highest BCUT2D eigenvalue weighted by Gasteiger charge is 2.13. The van der Waals surface area contributed by atoms with Gasteiger partial charge in [-0.2, -0.15) is 0 Å². The van der Waals surface area contributed by atoms with Crippen LogP contribution in [0, 0.1) is 0 Å². The number of nitrogens with one attached hydrogen (secondary N) is 2. The minimum absolute atomic E-state index is 0.0151. The second-order valence-electron chi connectivity index (χ2n) is 3.32. The van der Waals surface area contributed by atoms with Crippen molar-refractivity contribution >= 4 is 5.96 Å². The lowest BCUT2D eigenvalue weighted by Crippen LogP contribution is -2.43. The van der Waals surface area contributed by atoms with E-state index in [1.807, 2.05) is 0 Å². The van der Waals surface area contributed by atoms with E-state index in [1.54, 1.807) is 7.11 Å². The Morgan fingerprint density at radius 1 is 1.56 bits per heavy atom. The second kappa shape index (κ2) is 8.28. The number of hydrogen-bond acceptors (Lipinski definition) is 5. The van der Waals surface area contributed by atoms with Crippen molar-refractivity contribution in [2.75, 3.05) is 46.6 Å². The van der Waals surface area contributed by atoms with E-state index in [0.29, 0.717) is 45.5 Å². The van der Waals surface area contributed by atoms with Gasteiger partial charge in [-0.05, 0) is 0 Å². The van der Waals surface area contributed by atoms with E-state index in [0.717, 1.165) is 0 Å². The molecule has 1 atom stereocenters. The zero-order valence-corrected chi connectivity index (χ0v) is 9.57. The summed E-state index contributed by atoms with van der Waals surface area (Å²) in [5.41, 5.74) is 2.49. The number of methoxy groups -OCH3 is 1. The van der Waals surface area contributed by atoms with Crippen molar-refractivity contribution in [1.82, 2.24) is 10.7 Å². The third-order valence-corrected chi connectivity index (χ3v) is 2.07. The molecule has 0 spiro atoms. The maximum atomic E-state index is 5.45. The molecule has 0 aromatic carbocycles. The lowest BCUT2D eigenvalue weighted by Gasteiger charge is -2.21. The van der Waals surface area contributed by atoms with Crippen LogP contribution < -0.4 is 16.6 Å². The van der Waals surface area contributed by atoms with Gasteiger partial charge in [-0.15, -0.1) is 0 Å². The fourth-order valence-corrected chi connectivity index (χ4v) is 1.26. The van der Waals surface area contributed by atoms with Crippen molar-refractivity contribution in [1.29, 1.82) is 0 Å². The Labute approximate surface area is 95.3 Å². The molecular formula is C9H20N4O3. The molecular weight excluding hydrogens is 212 g/mol. The maximum Gasteiger partial charge on any atom is 0.205 e. The molecule has 7 heteroatoms. The SMILES string of the molecule is COCCNC(=NCC1COCCO1)NN. The zero-order chi connectivity index (χ0) is 11.6. The van der Waals surface area contributed by atoms with Gasteiger partial charge in [0.15, 0.2) is 0 Å². The number of hydrogen-bond donors (Lipinski definition) is 3. The van der Waals surface area contributed by atoms with Gasteiger partial charge < -0.3 is 19.5 Å². The quantitative estimate of drug-likeness (QED) is 0.175. The lowest BCUT2D eigenvalue weighted by atomic mass is 10.3. The minimum Gasteiger partial charge on any atom is -0.383 e. The highest BCUT2D eigenvalue weighted by Crippen LogP contribution is 2.00. The summed E-state index contributed by atoms with van der Waals surface area (Å²) in [6, 6.07) is 0. The van der Waals surface area contributed by atoms with Gasteiger partial charge in [-0.1, -0.05) is 0 Å². The highest BCUT2D eigenvalue weighted by atomic mass is 16.6. The maximum absolute atomic E-state index is 5.45. The molecule has 0 aromatic rings. The molecule has 0 radical (unpaired) electrons. The summed E-state index contributed by atoms with van der Waals surface area (Å²) in [5.74, 6) is 5.85. The van der Waals surface area contributed by atoms with Gasteiger partial charge in [-0.25, -0.2) is 10.8 Å². The Balaban J connectivity index is 2.22. The van der Waals surface area contributed by atoms with E-state index in [4.69, 9.17) is 20.1 Å². The van der Waals surface area contributed by atoms with Crippen molar-refractivity contribution in [2.24, 2.45) is 10.8 Å². The molecule has 1 aliphatic rings. The summed E-state index contributed by atoms with van der Waals surface area (Å²) in [4.78, 5) is 4.25. The van der Waals surface area contributed by atoms with Crippen LogP contribution in [0.4, 0.5) is 0 Å². The van der Waals surface area contributed by atoms with Crippen LogP contribution in [-0.4, -0.2) is 58.7 Å². The van der Waals surface area contributed by atoms with Crippen LogP contribution in [0.5, 0.6) is 0 Å². The molecule has 94 valence electrons. The monoisotopic (exact) mass is 232 g/mol. The predicted molar refractivity (Wildman–Crippen MR) is 60.1 cm³/mol. The smallest absolute Gasteiger partial charge is 0.205 e. The molecule has 0 aliphatic carbocycles. The first-order chi connectivity index (χ1) is 7.86. The molecule has 0 aromatic heterocycles. The Bertz CT molecular complexity index is 207. The van der Waals surface area contributed by atoms with Gasteiger partial charge >= 0.3 is 0 Å². The van der Waals surface area contributed by atoms with Crippen molar-refractivity contribution in [3.63, 3.8) is 0 Å². The molecule has 1 saturated heterocycles.